The molecule has 2 N–H and O–H groups in total. The SMILES string of the molecule is CC1=C(/C=C\CCOc2nnc(N)s2)OCCO1. The highest BCUT2D eigenvalue weighted by Crippen LogP contribution is 2.19. The van der Waals surface area contributed by atoms with Crippen LogP contribution in [0.25, 0.3) is 0 Å². The van der Waals surface area contributed by atoms with Gasteiger partial charge in [-0.3, -0.25) is 0 Å². The summed E-state index contributed by atoms with van der Waals surface area (Å²) in [7, 11) is 0. The lowest BCUT2D eigenvalue weighted by Crippen LogP contribution is -2.11. The molecule has 1 aliphatic heterocycles. The van der Waals surface area contributed by atoms with Crippen molar-refractivity contribution in [2.45, 2.75) is 13.3 Å². The minimum Gasteiger partial charge on any atom is -0.491 e. The molecule has 0 fully saturated rings. The number of hydrogen-bond donors (Lipinski definition) is 1. The molecule has 0 radical (unpaired) electrons. The third-order valence-corrected chi connectivity index (χ3v) is 2.87. The van der Waals surface area contributed by atoms with E-state index in [9.17, 15) is 0 Å². The Hall–Kier alpha value is -1.76. The van der Waals surface area contributed by atoms with Gasteiger partial charge in [-0.1, -0.05) is 11.2 Å². The molecule has 1 aliphatic rings. The maximum absolute atomic E-state index is 5.45. The summed E-state index contributed by atoms with van der Waals surface area (Å²) in [6, 6.07) is 0. The fourth-order valence-electron chi connectivity index (χ4n) is 1.37. The average molecular weight is 269 g/mol. The summed E-state index contributed by atoms with van der Waals surface area (Å²) in [5, 5.41) is 8.32. The van der Waals surface area contributed by atoms with Crippen molar-refractivity contribution in [3.8, 4) is 5.19 Å². The molecule has 7 heteroatoms. The van der Waals surface area contributed by atoms with Crippen LogP contribution in [0.1, 0.15) is 13.3 Å². The summed E-state index contributed by atoms with van der Waals surface area (Å²) in [5.74, 6) is 1.59. The molecule has 0 saturated carbocycles. The van der Waals surface area contributed by atoms with E-state index in [0.717, 1.165) is 17.9 Å². The number of nitrogens with two attached hydrogens (primary N) is 1. The molecule has 0 unspecified atom stereocenters. The molecule has 0 bridgehead atoms. The summed E-state index contributed by atoms with van der Waals surface area (Å²) >= 11 is 1.23. The van der Waals surface area contributed by atoms with Gasteiger partial charge in [0.2, 0.25) is 5.13 Å². The van der Waals surface area contributed by atoms with E-state index in [1.165, 1.54) is 11.3 Å². The Balaban J connectivity index is 1.72. The number of nitrogen functional groups attached to an aromatic ring is 1. The van der Waals surface area contributed by atoms with E-state index in [1.807, 2.05) is 19.1 Å². The van der Waals surface area contributed by atoms with Crippen molar-refractivity contribution in [3.05, 3.63) is 23.7 Å². The van der Waals surface area contributed by atoms with Crippen LogP contribution in [0, 0.1) is 0 Å². The number of rotatable bonds is 5. The number of ether oxygens (including phenoxy) is 3. The zero-order valence-electron chi connectivity index (χ0n) is 10.1. The average Bonchev–Trinajstić information content (AvgIpc) is 2.77. The quantitative estimate of drug-likeness (QED) is 0.820. The van der Waals surface area contributed by atoms with Gasteiger partial charge in [-0.05, 0) is 30.8 Å². The maximum Gasteiger partial charge on any atom is 0.295 e. The van der Waals surface area contributed by atoms with E-state index in [1.54, 1.807) is 0 Å². The van der Waals surface area contributed by atoms with Gasteiger partial charge in [0.25, 0.3) is 5.19 Å². The first-order valence-electron chi connectivity index (χ1n) is 5.60. The van der Waals surface area contributed by atoms with Crippen LogP contribution in [0.4, 0.5) is 5.13 Å². The van der Waals surface area contributed by atoms with Crippen molar-refractivity contribution >= 4 is 16.5 Å². The molecule has 6 nitrogen and oxygen atoms in total. The summed E-state index contributed by atoms with van der Waals surface area (Å²) in [6.07, 6.45) is 4.61. The minimum absolute atomic E-state index is 0.411. The van der Waals surface area contributed by atoms with E-state index in [-0.39, 0.29) is 0 Å². The van der Waals surface area contributed by atoms with Gasteiger partial charge in [-0.2, -0.15) is 0 Å². The zero-order valence-corrected chi connectivity index (χ0v) is 10.9. The molecular formula is C11H15N3O3S. The largest absolute Gasteiger partial charge is 0.491 e. The molecule has 2 rings (SSSR count). The molecule has 1 aromatic heterocycles. The highest BCUT2D eigenvalue weighted by atomic mass is 32.1. The normalized spacial score (nSPS) is 15.6. The van der Waals surface area contributed by atoms with Crippen LogP contribution in [-0.4, -0.2) is 30.0 Å². The molecule has 0 spiro atoms. The highest BCUT2D eigenvalue weighted by Gasteiger charge is 2.07. The van der Waals surface area contributed by atoms with Crippen LogP contribution in [0.3, 0.4) is 0 Å². The van der Waals surface area contributed by atoms with Gasteiger partial charge < -0.3 is 19.9 Å². The van der Waals surface area contributed by atoms with Gasteiger partial charge in [0.05, 0.1) is 6.61 Å². The van der Waals surface area contributed by atoms with Crippen LogP contribution in [0.2, 0.25) is 0 Å². The first-order chi connectivity index (χ1) is 8.75. The smallest absolute Gasteiger partial charge is 0.295 e. The topological polar surface area (TPSA) is 79.5 Å². The number of allylic oxidation sites excluding steroid dienone is 2. The Labute approximate surface area is 109 Å². The molecule has 2 heterocycles. The van der Waals surface area contributed by atoms with Gasteiger partial charge in [-0.15, -0.1) is 5.10 Å². The van der Waals surface area contributed by atoms with E-state index in [4.69, 9.17) is 19.9 Å². The van der Waals surface area contributed by atoms with Crippen LogP contribution in [0.5, 0.6) is 5.19 Å². The van der Waals surface area contributed by atoms with Crippen molar-refractivity contribution < 1.29 is 14.2 Å². The second kappa shape index (κ2) is 6.25. The van der Waals surface area contributed by atoms with Gasteiger partial charge >= 0.3 is 0 Å². The third kappa shape index (κ3) is 3.63. The van der Waals surface area contributed by atoms with Crippen molar-refractivity contribution in [1.82, 2.24) is 10.2 Å². The Kier molecular flexibility index (Phi) is 4.40. The monoisotopic (exact) mass is 269 g/mol. The standard InChI is InChI=1S/C11H15N3O3S/c1-8-9(16-7-6-15-8)4-2-3-5-17-11-14-13-10(12)18-11/h2,4H,3,5-7H2,1H3,(H2,12,13)/b4-2-. The third-order valence-electron chi connectivity index (χ3n) is 2.21. The fourth-order valence-corrected chi connectivity index (χ4v) is 1.85. The number of aromatic nitrogens is 2. The number of nitrogens with zero attached hydrogens (tertiary/aromatic N) is 2. The van der Waals surface area contributed by atoms with E-state index >= 15 is 0 Å². The number of hydrogen-bond acceptors (Lipinski definition) is 7. The van der Waals surface area contributed by atoms with Gasteiger partial charge in [-0.25, -0.2) is 0 Å². The molecule has 0 saturated heterocycles. The Morgan fingerprint density at radius 3 is 2.94 bits per heavy atom. The fraction of sp³-hybridized carbons (Fsp3) is 0.455. The van der Waals surface area contributed by atoms with Crippen LogP contribution < -0.4 is 10.5 Å². The predicted octanol–water partition coefficient (Wildman–Crippen LogP) is 1.72. The second-order valence-electron chi connectivity index (χ2n) is 3.56. The van der Waals surface area contributed by atoms with E-state index < -0.39 is 0 Å². The van der Waals surface area contributed by atoms with Gasteiger partial charge in [0, 0.05) is 0 Å². The summed E-state index contributed by atoms with van der Waals surface area (Å²) in [4.78, 5) is 0. The molecule has 0 aliphatic carbocycles. The maximum atomic E-state index is 5.45. The zero-order chi connectivity index (χ0) is 12.8. The molecule has 0 amide bonds. The number of anilines is 1. The summed E-state index contributed by atoms with van der Waals surface area (Å²) < 4.78 is 16.2. The molecule has 18 heavy (non-hydrogen) atoms. The van der Waals surface area contributed by atoms with Crippen molar-refractivity contribution in [2.24, 2.45) is 0 Å². The highest BCUT2D eigenvalue weighted by molar-refractivity contribution is 7.16. The molecule has 1 aromatic rings. The lowest BCUT2D eigenvalue weighted by Gasteiger charge is -2.17. The molecule has 0 aromatic carbocycles. The Morgan fingerprint density at radius 2 is 2.22 bits per heavy atom. The summed E-state index contributed by atoms with van der Waals surface area (Å²) in [6.45, 7) is 3.62. The first-order valence-corrected chi connectivity index (χ1v) is 6.42. The van der Waals surface area contributed by atoms with Crippen LogP contribution in [0.15, 0.2) is 23.7 Å². The predicted molar refractivity (Wildman–Crippen MR) is 68.2 cm³/mol. The van der Waals surface area contributed by atoms with E-state index in [0.29, 0.717) is 30.1 Å². The molecule has 0 atom stereocenters. The lowest BCUT2D eigenvalue weighted by atomic mass is 10.3. The summed E-state index contributed by atoms with van der Waals surface area (Å²) in [5.41, 5.74) is 5.44. The van der Waals surface area contributed by atoms with Gasteiger partial charge in [0.1, 0.15) is 19.0 Å². The second-order valence-corrected chi connectivity index (χ2v) is 4.53. The molecular weight excluding hydrogens is 254 g/mol. The van der Waals surface area contributed by atoms with Crippen molar-refractivity contribution in [2.75, 3.05) is 25.6 Å². The van der Waals surface area contributed by atoms with Crippen LogP contribution >= 0.6 is 11.3 Å². The van der Waals surface area contributed by atoms with Crippen molar-refractivity contribution in [3.63, 3.8) is 0 Å². The first kappa shape index (κ1) is 12.7. The van der Waals surface area contributed by atoms with Crippen molar-refractivity contribution in [1.29, 1.82) is 0 Å². The Morgan fingerprint density at radius 1 is 1.39 bits per heavy atom. The Bertz CT molecular complexity index is 456. The lowest BCUT2D eigenvalue weighted by molar-refractivity contribution is 0.0707. The molecule has 98 valence electrons. The minimum atomic E-state index is 0.411. The van der Waals surface area contributed by atoms with Crippen LogP contribution in [-0.2, 0) is 9.47 Å². The van der Waals surface area contributed by atoms with Gasteiger partial charge in [0.15, 0.2) is 5.76 Å². The van der Waals surface area contributed by atoms with E-state index in [2.05, 4.69) is 10.2 Å².